The number of pyridine rings is 1. The maximum absolute atomic E-state index is 12.8. The first kappa shape index (κ1) is 25.2. The van der Waals surface area contributed by atoms with Crippen LogP contribution in [0.15, 0.2) is 91.3 Å². The molecule has 38 heavy (non-hydrogen) atoms. The van der Waals surface area contributed by atoms with Gasteiger partial charge < -0.3 is 25.2 Å². The minimum atomic E-state index is -0.989. The molecular formula is C29H27N5O3S. The van der Waals surface area contributed by atoms with Crippen molar-refractivity contribution in [1.82, 2.24) is 19.8 Å². The van der Waals surface area contributed by atoms with Crippen LogP contribution in [0.4, 0.5) is 5.69 Å². The first-order chi connectivity index (χ1) is 18.4. The Labute approximate surface area is 225 Å². The molecule has 0 bridgehead atoms. The molecule has 4 aromatic rings. The summed E-state index contributed by atoms with van der Waals surface area (Å²) in [6.07, 6.45) is 3.87. The molecule has 1 saturated heterocycles. The third kappa shape index (κ3) is 5.28. The summed E-state index contributed by atoms with van der Waals surface area (Å²) in [5, 5.41) is 16.4. The number of benzene rings is 2. The second-order valence-corrected chi connectivity index (χ2v) is 9.53. The summed E-state index contributed by atoms with van der Waals surface area (Å²) < 4.78 is 1.96. The first-order valence-corrected chi connectivity index (χ1v) is 12.7. The predicted octanol–water partition coefficient (Wildman–Crippen LogP) is 4.88. The van der Waals surface area contributed by atoms with E-state index < -0.39 is 5.97 Å². The van der Waals surface area contributed by atoms with Gasteiger partial charge in [-0.3, -0.25) is 9.78 Å². The maximum atomic E-state index is 12.8. The van der Waals surface area contributed by atoms with Crippen LogP contribution in [0.2, 0.25) is 0 Å². The van der Waals surface area contributed by atoms with Crippen LogP contribution in [0, 0.1) is 6.92 Å². The maximum Gasteiger partial charge on any atom is 0.335 e. The molecule has 5 rings (SSSR count). The second kappa shape index (κ2) is 10.9. The van der Waals surface area contributed by atoms with Gasteiger partial charge in [0.1, 0.15) is 0 Å². The largest absolute Gasteiger partial charge is 0.478 e. The number of aromatic nitrogens is 2. The lowest BCUT2D eigenvalue weighted by Gasteiger charge is -2.29. The highest BCUT2D eigenvalue weighted by atomic mass is 32.1. The minimum absolute atomic E-state index is 0.110. The monoisotopic (exact) mass is 525 g/mol. The van der Waals surface area contributed by atoms with E-state index in [0.717, 1.165) is 28.3 Å². The molecule has 192 valence electrons. The summed E-state index contributed by atoms with van der Waals surface area (Å²) in [7, 11) is 0. The highest BCUT2D eigenvalue weighted by Crippen LogP contribution is 2.39. The number of anilines is 1. The third-order valence-corrected chi connectivity index (χ3v) is 6.92. The molecular weight excluding hydrogens is 498 g/mol. The number of aryl methyl sites for hydroxylation is 1. The molecule has 1 aliphatic heterocycles. The second-order valence-electron chi connectivity index (χ2n) is 9.14. The van der Waals surface area contributed by atoms with Crippen LogP contribution in [-0.2, 0) is 4.79 Å². The fourth-order valence-corrected chi connectivity index (χ4v) is 5.04. The van der Waals surface area contributed by atoms with Gasteiger partial charge >= 0.3 is 5.97 Å². The predicted molar refractivity (Wildman–Crippen MR) is 149 cm³/mol. The van der Waals surface area contributed by atoms with E-state index >= 15 is 0 Å². The number of nitrogens with one attached hydrogen (secondary N) is 2. The minimum Gasteiger partial charge on any atom is -0.478 e. The molecule has 2 unspecified atom stereocenters. The Hall–Kier alpha value is -4.50. The van der Waals surface area contributed by atoms with Crippen LogP contribution >= 0.6 is 12.2 Å². The fraction of sp³-hybridized carbons (Fsp3) is 0.172. The van der Waals surface area contributed by atoms with Gasteiger partial charge in [-0.2, -0.15) is 0 Å². The van der Waals surface area contributed by atoms with Crippen LogP contribution in [0.3, 0.4) is 0 Å². The van der Waals surface area contributed by atoms with Gasteiger partial charge in [0, 0.05) is 42.4 Å². The van der Waals surface area contributed by atoms with Crippen LogP contribution in [-0.4, -0.2) is 43.1 Å². The van der Waals surface area contributed by atoms with Crippen molar-refractivity contribution < 1.29 is 14.7 Å². The quantitative estimate of drug-likeness (QED) is 0.282. The molecule has 0 saturated carbocycles. The van der Waals surface area contributed by atoms with E-state index in [1.165, 1.54) is 0 Å². The van der Waals surface area contributed by atoms with Crippen molar-refractivity contribution in [2.75, 3.05) is 11.9 Å². The van der Waals surface area contributed by atoms with Crippen molar-refractivity contribution in [3.05, 3.63) is 114 Å². The van der Waals surface area contributed by atoms with Gasteiger partial charge in [-0.15, -0.1) is 0 Å². The van der Waals surface area contributed by atoms with E-state index in [-0.39, 0.29) is 30.0 Å². The van der Waals surface area contributed by atoms with Crippen molar-refractivity contribution >= 4 is 34.9 Å². The molecule has 3 N–H and O–H groups in total. The van der Waals surface area contributed by atoms with Crippen LogP contribution in [0.5, 0.6) is 0 Å². The van der Waals surface area contributed by atoms with E-state index in [4.69, 9.17) is 12.2 Å². The van der Waals surface area contributed by atoms with Crippen molar-refractivity contribution in [2.45, 2.75) is 25.4 Å². The number of carboxylic acid groups (broad SMARTS) is 1. The zero-order valence-corrected chi connectivity index (χ0v) is 21.6. The molecule has 0 radical (unpaired) electrons. The number of carbonyl (C=O) groups excluding carboxylic acids is 1. The number of nitrogens with zero attached hydrogens (tertiary/aromatic N) is 3. The Morgan fingerprint density at radius 1 is 1.05 bits per heavy atom. The topological polar surface area (TPSA) is 99.5 Å². The molecule has 0 spiro atoms. The van der Waals surface area contributed by atoms with Crippen molar-refractivity contribution in [3.8, 4) is 5.69 Å². The summed E-state index contributed by atoms with van der Waals surface area (Å²) in [4.78, 5) is 31.0. The average Bonchev–Trinajstić information content (AvgIpc) is 3.53. The van der Waals surface area contributed by atoms with Gasteiger partial charge in [0.25, 0.3) is 0 Å². The Bertz CT molecular complexity index is 1470. The molecule has 9 heteroatoms. The van der Waals surface area contributed by atoms with Gasteiger partial charge in [-0.25, -0.2) is 4.79 Å². The van der Waals surface area contributed by atoms with Gasteiger partial charge in [0.15, 0.2) is 5.11 Å². The zero-order chi connectivity index (χ0) is 26.6. The van der Waals surface area contributed by atoms with Gasteiger partial charge in [0.2, 0.25) is 5.91 Å². The lowest BCUT2D eigenvalue weighted by atomic mass is 10.0. The van der Waals surface area contributed by atoms with Crippen molar-refractivity contribution in [3.63, 3.8) is 0 Å². The highest BCUT2D eigenvalue weighted by Gasteiger charge is 2.41. The van der Waals surface area contributed by atoms with Gasteiger partial charge in [-0.05, 0) is 73.7 Å². The number of rotatable bonds is 8. The summed E-state index contributed by atoms with van der Waals surface area (Å²) in [6, 6.07) is 23.6. The normalized spacial score (nSPS) is 16.8. The molecule has 1 amide bonds. The van der Waals surface area contributed by atoms with Crippen LogP contribution < -0.4 is 10.6 Å². The standard InChI is InChI=1S/C29H27N5O3S/c1-19-10-12-21(13-11-19)31-25(35)14-17-34-27(26(32-29(34)38)23-8-2-3-15-30-23)24-9-5-16-33(24)22-7-4-6-20(18-22)28(36)37/h2-13,15-16,18,26-27H,14,17H2,1H3,(H,31,35)(H,32,38)(H,36,37). The molecule has 2 aromatic carbocycles. The molecule has 0 aliphatic carbocycles. The van der Waals surface area contributed by atoms with Crippen LogP contribution in [0.25, 0.3) is 5.69 Å². The SMILES string of the molecule is Cc1ccc(NC(=O)CCN2C(=S)NC(c3ccccn3)C2c2cccn2-c2cccc(C(=O)O)c2)cc1. The molecule has 2 atom stereocenters. The lowest BCUT2D eigenvalue weighted by Crippen LogP contribution is -2.33. The Morgan fingerprint density at radius 3 is 2.61 bits per heavy atom. The molecule has 8 nitrogen and oxygen atoms in total. The summed E-state index contributed by atoms with van der Waals surface area (Å²) in [5.74, 6) is -1.10. The lowest BCUT2D eigenvalue weighted by molar-refractivity contribution is -0.116. The third-order valence-electron chi connectivity index (χ3n) is 6.57. The van der Waals surface area contributed by atoms with E-state index in [1.54, 1.807) is 24.4 Å². The van der Waals surface area contributed by atoms with E-state index in [2.05, 4.69) is 15.6 Å². The Morgan fingerprint density at radius 2 is 1.87 bits per heavy atom. The Balaban J connectivity index is 1.45. The molecule has 1 aliphatic rings. The number of amides is 1. The van der Waals surface area contributed by atoms with Crippen molar-refractivity contribution in [1.29, 1.82) is 0 Å². The average molecular weight is 526 g/mol. The summed E-state index contributed by atoms with van der Waals surface area (Å²) >= 11 is 5.75. The van der Waals surface area contributed by atoms with Crippen molar-refractivity contribution in [2.24, 2.45) is 0 Å². The molecule has 1 fully saturated rings. The van der Waals surface area contributed by atoms with E-state index in [0.29, 0.717) is 11.7 Å². The first-order valence-electron chi connectivity index (χ1n) is 12.3. The van der Waals surface area contributed by atoms with E-state index in [1.807, 2.05) is 83.3 Å². The fourth-order valence-electron chi connectivity index (χ4n) is 4.71. The van der Waals surface area contributed by atoms with Gasteiger partial charge in [-0.1, -0.05) is 29.8 Å². The molecule has 2 aromatic heterocycles. The number of thiocarbonyl (C=S) groups is 1. The summed E-state index contributed by atoms with van der Waals surface area (Å²) in [5.41, 5.74) is 4.51. The molecule has 3 heterocycles. The van der Waals surface area contributed by atoms with Crippen LogP contribution in [0.1, 0.15) is 45.8 Å². The number of hydrogen-bond acceptors (Lipinski definition) is 4. The Kier molecular flexibility index (Phi) is 7.19. The van der Waals surface area contributed by atoms with E-state index in [9.17, 15) is 14.7 Å². The number of carbonyl (C=O) groups is 2. The number of aromatic carboxylic acids is 1. The number of hydrogen-bond donors (Lipinski definition) is 3. The van der Waals surface area contributed by atoms with Gasteiger partial charge in [0.05, 0.1) is 23.3 Å². The number of carboxylic acids is 1. The smallest absolute Gasteiger partial charge is 0.335 e. The highest BCUT2D eigenvalue weighted by molar-refractivity contribution is 7.80. The zero-order valence-electron chi connectivity index (χ0n) is 20.7. The summed E-state index contributed by atoms with van der Waals surface area (Å²) in [6.45, 7) is 2.39.